The number of ketones is 1. The molecular formula is C18H5F11MnN2O2. The molecule has 0 fully saturated rings. The number of carbonyl (C=O) groups excluding carboxylic acids is 1. The van der Waals surface area contributed by atoms with E-state index in [1.807, 2.05) is 0 Å². The number of aryl methyl sites for hydroxylation is 1. The van der Waals surface area contributed by atoms with Gasteiger partial charge in [-0.05, 0) is 13.0 Å². The van der Waals surface area contributed by atoms with Crippen molar-refractivity contribution in [3.8, 4) is 11.6 Å². The van der Waals surface area contributed by atoms with E-state index in [9.17, 15) is 58.2 Å². The van der Waals surface area contributed by atoms with Crippen molar-refractivity contribution in [1.29, 1.82) is 0 Å². The van der Waals surface area contributed by atoms with Crippen LogP contribution in [-0.2, 0) is 23.2 Å². The third-order valence-corrected chi connectivity index (χ3v) is 4.35. The van der Waals surface area contributed by atoms with Gasteiger partial charge in [-0.1, -0.05) is 0 Å². The normalized spacial score (nSPS) is 11.5. The smallest absolute Gasteiger partial charge is 0.422 e. The number of benzene rings is 2. The van der Waals surface area contributed by atoms with Crippen LogP contribution >= 0.6 is 0 Å². The summed E-state index contributed by atoms with van der Waals surface area (Å²) >= 11 is 0. The van der Waals surface area contributed by atoms with Crippen LogP contribution < -0.4 is 0 Å². The van der Waals surface area contributed by atoms with Crippen LogP contribution in [0.3, 0.4) is 0 Å². The summed E-state index contributed by atoms with van der Waals surface area (Å²) < 4.78 is 148. The molecule has 1 heterocycles. The van der Waals surface area contributed by atoms with Gasteiger partial charge in [-0.2, -0.15) is 23.0 Å². The second-order valence-corrected chi connectivity index (χ2v) is 6.35. The molecule has 1 radical (unpaired) electrons. The summed E-state index contributed by atoms with van der Waals surface area (Å²) in [7, 11) is 0. The van der Waals surface area contributed by atoms with Crippen LogP contribution in [-0.4, -0.2) is 20.7 Å². The molecule has 2 aromatic carbocycles. The average Bonchev–Trinajstić information content (AvgIpc) is 3.00. The second kappa shape index (κ2) is 8.91. The largest absolute Gasteiger partial charge is 0.493 e. The molecule has 0 amide bonds. The molecule has 0 aliphatic carbocycles. The van der Waals surface area contributed by atoms with Crippen LogP contribution in [0.4, 0.5) is 48.3 Å². The number of aromatic nitrogens is 2. The molecule has 0 spiro atoms. The summed E-state index contributed by atoms with van der Waals surface area (Å²) in [5, 5.41) is 13.3. The maximum Gasteiger partial charge on any atom is 0.422 e. The van der Waals surface area contributed by atoms with Gasteiger partial charge in [-0.15, -0.1) is 0 Å². The predicted octanol–water partition coefficient (Wildman–Crippen LogP) is 5.25. The quantitative estimate of drug-likeness (QED) is 0.161. The first-order chi connectivity index (χ1) is 15.1. The van der Waals surface area contributed by atoms with E-state index >= 15 is 0 Å². The van der Waals surface area contributed by atoms with Gasteiger partial charge in [0.25, 0.3) is 0 Å². The first-order valence-corrected chi connectivity index (χ1v) is 8.20. The molecule has 0 bridgehead atoms. The molecule has 34 heavy (non-hydrogen) atoms. The fraction of sp³-hybridized carbons (Fsp3) is 0.111. The van der Waals surface area contributed by atoms with E-state index in [4.69, 9.17) is 0 Å². The van der Waals surface area contributed by atoms with Crippen LogP contribution in [0.5, 0.6) is 5.88 Å². The minimum Gasteiger partial charge on any atom is -0.493 e. The van der Waals surface area contributed by atoms with E-state index < -0.39 is 97.1 Å². The van der Waals surface area contributed by atoms with E-state index in [0.29, 0.717) is 0 Å². The SMILES string of the molecule is Cc1nn(-c2c(F)c(F)c(C(F)(F)F)c(F)c2F)c(O)c1C(=O)c1cc(F)c(F)c(F)c1F.[Mn]. The van der Waals surface area contributed by atoms with Crippen molar-refractivity contribution in [2.75, 3.05) is 0 Å². The van der Waals surface area contributed by atoms with Crippen molar-refractivity contribution in [1.82, 2.24) is 9.78 Å². The zero-order chi connectivity index (χ0) is 25.2. The van der Waals surface area contributed by atoms with Gasteiger partial charge in [0, 0.05) is 17.1 Å². The summed E-state index contributed by atoms with van der Waals surface area (Å²) in [5.41, 5.74) is -8.48. The van der Waals surface area contributed by atoms with E-state index in [1.165, 1.54) is 0 Å². The number of alkyl halides is 3. The zero-order valence-corrected chi connectivity index (χ0v) is 17.0. The fourth-order valence-electron chi connectivity index (χ4n) is 2.86. The van der Waals surface area contributed by atoms with Crippen molar-refractivity contribution < 1.29 is 75.3 Å². The number of halogens is 11. The summed E-state index contributed by atoms with van der Waals surface area (Å²) in [6.45, 7) is 0.796. The average molecular weight is 545 g/mol. The molecule has 0 unspecified atom stereocenters. The Bertz CT molecular complexity index is 1310. The number of rotatable bonds is 3. The van der Waals surface area contributed by atoms with Crippen molar-refractivity contribution in [2.24, 2.45) is 0 Å². The maximum absolute atomic E-state index is 14.2. The molecule has 183 valence electrons. The van der Waals surface area contributed by atoms with Gasteiger partial charge < -0.3 is 5.11 Å². The number of carbonyl (C=O) groups is 1. The third kappa shape index (κ3) is 4.00. The van der Waals surface area contributed by atoms with Crippen molar-refractivity contribution in [3.05, 3.63) is 75.0 Å². The van der Waals surface area contributed by atoms with Gasteiger partial charge in [-0.3, -0.25) is 4.79 Å². The topological polar surface area (TPSA) is 55.1 Å². The molecule has 3 aromatic rings. The molecule has 0 aliphatic rings. The monoisotopic (exact) mass is 545 g/mol. The summed E-state index contributed by atoms with van der Waals surface area (Å²) in [4.78, 5) is 12.5. The molecule has 4 nitrogen and oxygen atoms in total. The van der Waals surface area contributed by atoms with E-state index in [2.05, 4.69) is 5.10 Å². The van der Waals surface area contributed by atoms with Crippen LogP contribution in [0.1, 0.15) is 27.2 Å². The third-order valence-electron chi connectivity index (χ3n) is 4.35. The Balaban J connectivity index is 0.00000408. The van der Waals surface area contributed by atoms with Gasteiger partial charge in [0.15, 0.2) is 46.5 Å². The number of hydrogen-bond donors (Lipinski definition) is 1. The second-order valence-electron chi connectivity index (χ2n) is 6.35. The van der Waals surface area contributed by atoms with Crippen molar-refractivity contribution in [3.63, 3.8) is 0 Å². The van der Waals surface area contributed by atoms with Gasteiger partial charge in [0.2, 0.25) is 11.7 Å². The van der Waals surface area contributed by atoms with Crippen LogP contribution in [0, 0.1) is 53.5 Å². The summed E-state index contributed by atoms with van der Waals surface area (Å²) in [5.74, 6) is -23.7. The van der Waals surface area contributed by atoms with Crippen LogP contribution in [0.25, 0.3) is 5.69 Å². The molecule has 0 atom stereocenters. The molecule has 16 heteroatoms. The van der Waals surface area contributed by atoms with Gasteiger partial charge >= 0.3 is 6.18 Å². The van der Waals surface area contributed by atoms with E-state index in [1.54, 1.807) is 0 Å². The zero-order valence-electron chi connectivity index (χ0n) is 15.9. The van der Waals surface area contributed by atoms with E-state index in [0.717, 1.165) is 6.92 Å². The Kier molecular flexibility index (Phi) is 7.10. The van der Waals surface area contributed by atoms with Gasteiger partial charge in [0.1, 0.15) is 16.8 Å². The molecule has 1 aromatic heterocycles. The molecular weight excluding hydrogens is 540 g/mol. The Morgan fingerprint density at radius 1 is 0.853 bits per heavy atom. The van der Waals surface area contributed by atoms with Crippen LogP contribution in [0.15, 0.2) is 6.07 Å². The Morgan fingerprint density at radius 3 is 1.82 bits per heavy atom. The van der Waals surface area contributed by atoms with Gasteiger partial charge in [0.05, 0.1) is 11.3 Å². The minimum atomic E-state index is -5.87. The van der Waals surface area contributed by atoms with Crippen molar-refractivity contribution in [2.45, 2.75) is 13.1 Å². The van der Waals surface area contributed by atoms with Gasteiger partial charge in [-0.25, -0.2) is 35.1 Å². The Hall–Kier alpha value is -3.13. The fourth-order valence-corrected chi connectivity index (χ4v) is 2.86. The number of aromatic hydroxyl groups is 1. The number of hydrogen-bond acceptors (Lipinski definition) is 3. The van der Waals surface area contributed by atoms with Crippen LogP contribution in [0.2, 0.25) is 0 Å². The molecule has 0 saturated heterocycles. The first kappa shape index (κ1) is 27.1. The maximum atomic E-state index is 14.2. The summed E-state index contributed by atoms with van der Waals surface area (Å²) in [6.07, 6.45) is -5.87. The molecule has 3 rings (SSSR count). The Morgan fingerprint density at radius 2 is 1.35 bits per heavy atom. The number of nitrogens with zero attached hydrogens (tertiary/aromatic N) is 2. The first-order valence-electron chi connectivity index (χ1n) is 8.20. The molecule has 0 aliphatic heterocycles. The standard InChI is InChI=1S/C18H5F11N2O2.Mn/c1-3-6(16(32)4-2-5(19)9(21)12(24)8(4)20)17(33)31(30-3)15-13(25)10(22)7(18(27,28)29)11(23)14(15)26;/h2,33H,1H3;. The minimum absolute atomic E-state index is 0. The predicted molar refractivity (Wildman–Crippen MR) is 84.5 cm³/mol. The summed E-state index contributed by atoms with van der Waals surface area (Å²) in [6, 6.07) is -0.120. The van der Waals surface area contributed by atoms with Crippen molar-refractivity contribution >= 4 is 5.78 Å². The molecule has 1 N–H and O–H groups in total. The Labute approximate surface area is 191 Å². The molecule has 0 saturated carbocycles. The van der Waals surface area contributed by atoms with E-state index in [-0.39, 0.29) is 23.1 Å².